The van der Waals surface area contributed by atoms with Gasteiger partial charge in [-0.25, -0.2) is 0 Å². The Hall–Kier alpha value is -1.26. The van der Waals surface area contributed by atoms with Crippen LogP contribution in [0.5, 0.6) is 5.75 Å². The fourth-order valence-electron chi connectivity index (χ4n) is 1.86. The van der Waals surface area contributed by atoms with Crippen LogP contribution in [0.1, 0.15) is 18.4 Å². The van der Waals surface area contributed by atoms with Crippen molar-refractivity contribution < 1.29 is 9.53 Å². The van der Waals surface area contributed by atoms with Gasteiger partial charge in [-0.05, 0) is 30.5 Å². The van der Waals surface area contributed by atoms with Crippen LogP contribution in [-0.2, 0) is 11.3 Å². The number of halogens is 1. The maximum Gasteiger partial charge on any atom is 0.227 e. The maximum atomic E-state index is 11.9. The molecule has 3 N–H and O–H groups in total. The molecule has 0 bridgehead atoms. The number of nitrogens with one attached hydrogen (secondary N) is 1. The van der Waals surface area contributed by atoms with E-state index in [9.17, 15) is 4.79 Å². The van der Waals surface area contributed by atoms with Crippen molar-refractivity contribution in [1.29, 1.82) is 0 Å². The van der Waals surface area contributed by atoms with Gasteiger partial charge in [-0.1, -0.05) is 17.7 Å². The molecule has 2 rings (SSSR count). The second-order valence-corrected chi connectivity index (χ2v) is 5.04. The molecular weight excluding hydrogens is 252 g/mol. The molecule has 1 aliphatic carbocycles. The number of methoxy groups -OCH3 is 1. The summed E-state index contributed by atoms with van der Waals surface area (Å²) in [6, 6.07) is 5.47. The minimum Gasteiger partial charge on any atom is -0.495 e. The second kappa shape index (κ2) is 5.16. The van der Waals surface area contributed by atoms with Crippen LogP contribution in [0.2, 0.25) is 5.02 Å². The van der Waals surface area contributed by atoms with Crippen LogP contribution in [-0.4, -0.2) is 19.6 Å². The van der Waals surface area contributed by atoms with Crippen LogP contribution in [0.3, 0.4) is 0 Å². The quantitative estimate of drug-likeness (QED) is 0.854. The van der Waals surface area contributed by atoms with Gasteiger partial charge in [0.15, 0.2) is 0 Å². The first-order chi connectivity index (χ1) is 8.61. The van der Waals surface area contributed by atoms with Gasteiger partial charge in [0.25, 0.3) is 0 Å². The van der Waals surface area contributed by atoms with Gasteiger partial charge in [0.2, 0.25) is 5.91 Å². The number of hydrogen-bond donors (Lipinski definition) is 2. The Kier molecular flexibility index (Phi) is 3.78. The lowest BCUT2D eigenvalue weighted by Gasteiger charge is -2.13. The van der Waals surface area contributed by atoms with Gasteiger partial charge in [0.05, 0.1) is 17.5 Å². The van der Waals surface area contributed by atoms with Gasteiger partial charge in [-0.3, -0.25) is 4.79 Å². The summed E-state index contributed by atoms with van der Waals surface area (Å²) in [5.41, 5.74) is 6.24. The highest BCUT2D eigenvalue weighted by atomic mass is 35.5. The number of hydrogen-bond acceptors (Lipinski definition) is 3. The van der Waals surface area contributed by atoms with E-state index in [1.165, 1.54) is 0 Å². The zero-order valence-electron chi connectivity index (χ0n) is 10.3. The average molecular weight is 269 g/mol. The zero-order chi connectivity index (χ0) is 13.2. The summed E-state index contributed by atoms with van der Waals surface area (Å²) < 4.78 is 5.07. The van der Waals surface area contributed by atoms with Gasteiger partial charge in [0, 0.05) is 13.1 Å². The zero-order valence-corrected chi connectivity index (χ0v) is 11.1. The molecule has 0 spiro atoms. The van der Waals surface area contributed by atoms with E-state index in [1.807, 2.05) is 6.07 Å². The molecule has 18 heavy (non-hydrogen) atoms. The summed E-state index contributed by atoms with van der Waals surface area (Å²) in [4.78, 5) is 11.9. The third-order valence-electron chi connectivity index (χ3n) is 3.40. The smallest absolute Gasteiger partial charge is 0.227 e. The highest BCUT2D eigenvalue weighted by Gasteiger charge is 2.48. The second-order valence-electron chi connectivity index (χ2n) is 4.64. The molecule has 5 heteroatoms. The minimum absolute atomic E-state index is 0.0388. The van der Waals surface area contributed by atoms with Crippen molar-refractivity contribution in [2.75, 3.05) is 13.7 Å². The molecule has 0 saturated heterocycles. The molecule has 1 fully saturated rings. The number of nitrogens with two attached hydrogens (primary N) is 1. The highest BCUT2D eigenvalue weighted by molar-refractivity contribution is 6.32. The summed E-state index contributed by atoms with van der Waals surface area (Å²) in [5.74, 6) is 0.671. The Morgan fingerprint density at radius 1 is 1.56 bits per heavy atom. The number of carbonyl (C=O) groups excluding carboxylic acids is 1. The lowest BCUT2D eigenvalue weighted by molar-refractivity contribution is -0.126. The molecule has 0 radical (unpaired) electrons. The van der Waals surface area contributed by atoms with E-state index in [0.717, 1.165) is 18.4 Å². The first-order valence-electron chi connectivity index (χ1n) is 5.92. The Morgan fingerprint density at radius 2 is 2.28 bits per heavy atom. The number of ether oxygens (including phenoxy) is 1. The van der Waals surface area contributed by atoms with Crippen LogP contribution in [0.25, 0.3) is 0 Å². The summed E-state index contributed by atoms with van der Waals surface area (Å²) in [5, 5.41) is 3.44. The summed E-state index contributed by atoms with van der Waals surface area (Å²) in [6.45, 7) is 0.881. The lowest BCUT2D eigenvalue weighted by atomic mass is 10.1. The Bertz CT molecular complexity index is 458. The Morgan fingerprint density at radius 3 is 2.78 bits per heavy atom. The topological polar surface area (TPSA) is 64.3 Å². The molecule has 0 unspecified atom stereocenters. The van der Waals surface area contributed by atoms with E-state index < -0.39 is 0 Å². The van der Waals surface area contributed by atoms with Crippen molar-refractivity contribution in [3.05, 3.63) is 28.8 Å². The fourth-order valence-corrected chi connectivity index (χ4v) is 2.14. The number of benzene rings is 1. The molecule has 1 aromatic rings. The molecule has 1 aromatic carbocycles. The van der Waals surface area contributed by atoms with E-state index in [1.54, 1.807) is 19.2 Å². The molecule has 4 nitrogen and oxygen atoms in total. The molecule has 0 aromatic heterocycles. The van der Waals surface area contributed by atoms with E-state index in [2.05, 4.69) is 5.32 Å². The van der Waals surface area contributed by atoms with Gasteiger partial charge >= 0.3 is 0 Å². The fraction of sp³-hybridized carbons (Fsp3) is 0.462. The average Bonchev–Trinajstić information content (AvgIpc) is 3.17. The minimum atomic E-state index is -0.309. The van der Waals surface area contributed by atoms with Crippen molar-refractivity contribution in [1.82, 2.24) is 5.32 Å². The first kappa shape index (κ1) is 13.2. The normalized spacial score (nSPS) is 16.2. The molecule has 0 atom stereocenters. The van der Waals surface area contributed by atoms with Crippen LogP contribution in [0.4, 0.5) is 0 Å². The van der Waals surface area contributed by atoms with Crippen LogP contribution in [0.15, 0.2) is 18.2 Å². The summed E-state index contributed by atoms with van der Waals surface area (Å²) in [7, 11) is 1.57. The number of carbonyl (C=O) groups is 1. The van der Waals surface area contributed by atoms with Gasteiger partial charge < -0.3 is 15.8 Å². The molecular formula is C13H17ClN2O2. The van der Waals surface area contributed by atoms with E-state index >= 15 is 0 Å². The summed E-state index contributed by atoms with van der Waals surface area (Å²) >= 11 is 6.02. The largest absolute Gasteiger partial charge is 0.495 e. The maximum absolute atomic E-state index is 11.9. The molecule has 1 saturated carbocycles. The van der Waals surface area contributed by atoms with Crippen LogP contribution in [0, 0.1) is 5.41 Å². The summed E-state index contributed by atoms with van der Waals surface area (Å²) in [6.07, 6.45) is 1.78. The SMILES string of the molecule is COc1ccc(CNC(=O)C2(CN)CC2)cc1Cl. The highest BCUT2D eigenvalue weighted by Crippen LogP contribution is 2.44. The van der Waals surface area contributed by atoms with Crippen molar-refractivity contribution in [2.24, 2.45) is 11.1 Å². The number of amides is 1. The van der Waals surface area contributed by atoms with Crippen molar-refractivity contribution >= 4 is 17.5 Å². The van der Waals surface area contributed by atoms with Crippen molar-refractivity contribution in [2.45, 2.75) is 19.4 Å². The monoisotopic (exact) mass is 268 g/mol. The molecule has 0 aliphatic heterocycles. The first-order valence-corrected chi connectivity index (χ1v) is 6.30. The molecule has 98 valence electrons. The molecule has 0 heterocycles. The third-order valence-corrected chi connectivity index (χ3v) is 3.69. The van der Waals surface area contributed by atoms with Gasteiger partial charge in [-0.2, -0.15) is 0 Å². The Balaban J connectivity index is 1.94. The Labute approximate surface area is 111 Å². The standard InChI is InChI=1S/C13H17ClN2O2/c1-18-11-3-2-9(6-10(11)14)7-16-12(17)13(8-15)4-5-13/h2-3,6H,4-5,7-8,15H2,1H3,(H,16,17). The van der Waals surface area contributed by atoms with E-state index in [0.29, 0.717) is 23.9 Å². The van der Waals surface area contributed by atoms with Gasteiger partial charge in [0.1, 0.15) is 5.75 Å². The van der Waals surface area contributed by atoms with Crippen LogP contribution < -0.4 is 15.8 Å². The van der Waals surface area contributed by atoms with Crippen molar-refractivity contribution in [3.63, 3.8) is 0 Å². The number of rotatable bonds is 5. The van der Waals surface area contributed by atoms with Crippen LogP contribution >= 0.6 is 11.6 Å². The van der Waals surface area contributed by atoms with Crippen molar-refractivity contribution in [3.8, 4) is 5.75 Å². The molecule has 1 aliphatic rings. The lowest BCUT2D eigenvalue weighted by Crippen LogP contribution is -2.36. The molecule has 1 amide bonds. The van der Waals surface area contributed by atoms with E-state index in [-0.39, 0.29) is 11.3 Å². The van der Waals surface area contributed by atoms with E-state index in [4.69, 9.17) is 22.1 Å². The van der Waals surface area contributed by atoms with Gasteiger partial charge in [-0.15, -0.1) is 0 Å². The third kappa shape index (κ3) is 2.60. The predicted octanol–water partition coefficient (Wildman–Crippen LogP) is 1.70. The predicted molar refractivity (Wildman–Crippen MR) is 70.6 cm³/mol.